The molecule has 0 aromatic heterocycles. The zero-order valence-electron chi connectivity index (χ0n) is 12.1. The second kappa shape index (κ2) is 7.63. The Labute approximate surface area is 116 Å². The predicted octanol–water partition coefficient (Wildman–Crippen LogP) is 1.93. The van der Waals surface area contributed by atoms with E-state index in [4.69, 9.17) is 4.74 Å². The van der Waals surface area contributed by atoms with E-state index < -0.39 is 0 Å². The first-order valence-electron chi connectivity index (χ1n) is 7.29. The summed E-state index contributed by atoms with van der Waals surface area (Å²) in [7, 11) is 1.76. The van der Waals surface area contributed by atoms with Crippen LogP contribution in [0, 0.1) is 0 Å². The second-order valence-electron chi connectivity index (χ2n) is 5.54. The lowest BCUT2D eigenvalue weighted by Crippen LogP contribution is -2.40. The maximum absolute atomic E-state index is 5.17. The maximum Gasteiger partial charge on any atom is 0.0613 e. The number of likely N-dealkylation sites (tertiary alicyclic amines) is 1. The van der Waals surface area contributed by atoms with Gasteiger partial charge in [0.2, 0.25) is 0 Å². The van der Waals surface area contributed by atoms with Crippen molar-refractivity contribution in [3.05, 3.63) is 35.9 Å². The van der Waals surface area contributed by atoms with Gasteiger partial charge in [-0.05, 0) is 31.9 Å². The molecule has 3 nitrogen and oxygen atoms in total. The van der Waals surface area contributed by atoms with Crippen LogP contribution in [0.25, 0.3) is 0 Å². The fourth-order valence-corrected chi connectivity index (χ4v) is 2.80. The van der Waals surface area contributed by atoms with Crippen LogP contribution in [-0.2, 0) is 11.2 Å². The van der Waals surface area contributed by atoms with Crippen LogP contribution in [0.4, 0.5) is 0 Å². The molecular weight excluding hydrogens is 236 g/mol. The van der Waals surface area contributed by atoms with Crippen molar-refractivity contribution in [3.63, 3.8) is 0 Å². The van der Waals surface area contributed by atoms with Crippen LogP contribution in [0.15, 0.2) is 30.3 Å². The lowest BCUT2D eigenvalue weighted by atomic mass is 10.1. The van der Waals surface area contributed by atoms with E-state index in [1.807, 2.05) is 0 Å². The molecular formula is C16H26N2O. The van der Waals surface area contributed by atoms with Gasteiger partial charge in [0.1, 0.15) is 0 Å². The molecule has 1 aromatic carbocycles. The number of nitrogens with zero attached hydrogens (tertiary/aromatic N) is 1. The van der Waals surface area contributed by atoms with Crippen molar-refractivity contribution in [2.24, 2.45) is 0 Å². The van der Waals surface area contributed by atoms with Gasteiger partial charge in [0.15, 0.2) is 0 Å². The third-order valence-electron chi connectivity index (χ3n) is 3.77. The highest BCUT2D eigenvalue weighted by Gasteiger charge is 2.22. The van der Waals surface area contributed by atoms with Gasteiger partial charge in [0.05, 0.1) is 6.61 Å². The molecule has 1 aliphatic heterocycles. The summed E-state index contributed by atoms with van der Waals surface area (Å²) in [5.74, 6) is 0. The highest BCUT2D eigenvalue weighted by atomic mass is 16.5. The molecule has 19 heavy (non-hydrogen) atoms. The number of hydrogen-bond donors (Lipinski definition) is 1. The first-order chi connectivity index (χ1) is 9.28. The molecule has 0 saturated carbocycles. The van der Waals surface area contributed by atoms with E-state index in [0.29, 0.717) is 12.1 Å². The lowest BCUT2D eigenvalue weighted by Gasteiger charge is -2.20. The van der Waals surface area contributed by atoms with Gasteiger partial charge in [-0.25, -0.2) is 0 Å². The highest BCUT2D eigenvalue weighted by Crippen LogP contribution is 2.11. The van der Waals surface area contributed by atoms with E-state index in [0.717, 1.165) is 13.0 Å². The topological polar surface area (TPSA) is 24.5 Å². The minimum absolute atomic E-state index is 0.448. The van der Waals surface area contributed by atoms with E-state index in [1.165, 1.54) is 31.6 Å². The Morgan fingerprint density at radius 3 is 2.89 bits per heavy atom. The fourth-order valence-electron chi connectivity index (χ4n) is 2.80. The third-order valence-corrected chi connectivity index (χ3v) is 3.77. The standard InChI is InChI=1S/C16H26N2O/c1-14(13-19-2)17-16-9-11-18(12-16)10-8-15-6-4-3-5-7-15/h3-7,14,16-17H,8-13H2,1-2H3. The van der Waals surface area contributed by atoms with Crippen LogP contribution in [0.5, 0.6) is 0 Å². The second-order valence-corrected chi connectivity index (χ2v) is 5.54. The number of rotatable bonds is 7. The van der Waals surface area contributed by atoms with Gasteiger partial charge >= 0.3 is 0 Å². The predicted molar refractivity (Wildman–Crippen MR) is 79.5 cm³/mol. The van der Waals surface area contributed by atoms with Crippen LogP contribution in [0.2, 0.25) is 0 Å². The van der Waals surface area contributed by atoms with Crippen LogP contribution in [0.1, 0.15) is 18.9 Å². The van der Waals surface area contributed by atoms with E-state index in [2.05, 4.69) is 47.5 Å². The monoisotopic (exact) mass is 262 g/mol. The molecule has 0 amide bonds. The Morgan fingerprint density at radius 1 is 1.37 bits per heavy atom. The van der Waals surface area contributed by atoms with E-state index in [-0.39, 0.29) is 0 Å². The van der Waals surface area contributed by atoms with Crippen LogP contribution < -0.4 is 5.32 Å². The van der Waals surface area contributed by atoms with Crippen LogP contribution >= 0.6 is 0 Å². The summed E-state index contributed by atoms with van der Waals surface area (Å²) in [5.41, 5.74) is 1.44. The van der Waals surface area contributed by atoms with Crippen LogP contribution in [-0.4, -0.2) is 50.3 Å². The molecule has 1 aromatic rings. The van der Waals surface area contributed by atoms with Crippen molar-refractivity contribution < 1.29 is 4.74 Å². The number of ether oxygens (including phenoxy) is 1. The Hall–Kier alpha value is -0.900. The lowest BCUT2D eigenvalue weighted by molar-refractivity contribution is 0.166. The largest absolute Gasteiger partial charge is 0.383 e. The van der Waals surface area contributed by atoms with Gasteiger partial charge in [-0.15, -0.1) is 0 Å². The molecule has 0 aliphatic carbocycles. The molecule has 3 heteroatoms. The van der Waals surface area contributed by atoms with Gasteiger partial charge in [-0.2, -0.15) is 0 Å². The molecule has 1 N–H and O–H groups in total. The molecule has 0 bridgehead atoms. The van der Waals surface area contributed by atoms with Gasteiger partial charge < -0.3 is 15.0 Å². The summed E-state index contributed by atoms with van der Waals surface area (Å²) in [5, 5.41) is 3.64. The summed E-state index contributed by atoms with van der Waals surface area (Å²) in [6.45, 7) is 6.53. The minimum atomic E-state index is 0.448. The number of nitrogens with one attached hydrogen (secondary N) is 1. The molecule has 2 unspecified atom stereocenters. The zero-order valence-corrected chi connectivity index (χ0v) is 12.1. The van der Waals surface area contributed by atoms with Crippen molar-refractivity contribution in [3.8, 4) is 0 Å². The van der Waals surface area contributed by atoms with Crippen molar-refractivity contribution in [2.75, 3.05) is 33.4 Å². The first kappa shape index (κ1) is 14.5. The van der Waals surface area contributed by atoms with Gasteiger partial charge in [-0.3, -0.25) is 0 Å². The average Bonchev–Trinajstić information content (AvgIpc) is 2.85. The quantitative estimate of drug-likeness (QED) is 0.812. The Bertz CT molecular complexity index is 355. The molecule has 1 fully saturated rings. The zero-order chi connectivity index (χ0) is 13.5. The van der Waals surface area contributed by atoms with Crippen molar-refractivity contribution in [1.29, 1.82) is 0 Å². The normalized spacial score (nSPS) is 21.7. The number of benzene rings is 1. The average molecular weight is 262 g/mol. The summed E-state index contributed by atoms with van der Waals surface area (Å²) in [6.07, 6.45) is 2.41. The Morgan fingerprint density at radius 2 is 2.16 bits per heavy atom. The van der Waals surface area contributed by atoms with Crippen molar-refractivity contribution >= 4 is 0 Å². The molecule has 2 rings (SSSR count). The highest BCUT2D eigenvalue weighted by molar-refractivity contribution is 5.14. The molecule has 106 valence electrons. The number of hydrogen-bond acceptors (Lipinski definition) is 3. The van der Waals surface area contributed by atoms with E-state index in [1.54, 1.807) is 7.11 Å². The van der Waals surface area contributed by atoms with E-state index in [9.17, 15) is 0 Å². The minimum Gasteiger partial charge on any atom is -0.383 e. The summed E-state index contributed by atoms with van der Waals surface area (Å²) >= 11 is 0. The molecule has 1 heterocycles. The van der Waals surface area contributed by atoms with Crippen molar-refractivity contribution in [2.45, 2.75) is 31.8 Å². The van der Waals surface area contributed by atoms with Gasteiger partial charge in [0.25, 0.3) is 0 Å². The molecule has 0 spiro atoms. The van der Waals surface area contributed by atoms with Gasteiger partial charge in [-0.1, -0.05) is 30.3 Å². The molecule has 0 radical (unpaired) electrons. The smallest absolute Gasteiger partial charge is 0.0613 e. The molecule has 1 aliphatic rings. The summed E-state index contributed by atoms with van der Waals surface area (Å²) in [6, 6.07) is 11.8. The van der Waals surface area contributed by atoms with Crippen LogP contribution in [0.3, 0.4) is 0 Å². The van der Waals surface area contributed by atoms with E-state index >= 15 is 0 Å². The summed E-state index contributed by atoms with van der Waals surface area (Å²) < 4.78 is 5.17. The Balaban J connectivity index is 1.67. The van der Waals surface area contributed by atoms with Gasteiger partial charge in [0, 0.05) is 32.3 Å². The summed E-state index contributed by atoms with van der Waals surface area (Å²) in [4.78, 5) is 2.56. The maximum atomic E-state index is 5.17. The molecule has 1 saturated heterocycles. The number of methoxy groups -OCH3 is 1. The fraction of sp³-hybridized carbons (Fsp3) is 0.625. The third kappa shape index (κ3) is 4.94. The van der Waals surface area contributed by atoms with Crippen molar-refractivity contribution in [1.82, 2.24) is 10.2 Å². The Kier molecular flexibility index (Phi) is 5.83. The first-order valence-corrected chi connectivity index (χ1v) is 7.29. The molecule has 2 atom stereocenters. The SMILES string of the molecule is COCC(C)NC1CCN(CCc2ccccc2)C1.